The molecule has 0 amide bonds. The van der Waals surface area contributed by atoms with Crippen LogP contribution in [0.4, 0.5) is 0 Å². The molecule has 0 bridgehead atoms. The summed E-state index contributed by atoms with van der Waals surface area (Å²) in [4.78, 5) is 0. The number of terminal acetylenes is 1. The SMILES string of the molecule is C#CCCC(O)([SiH](C)C)C(C)(C)C. The van der Waals surface area contributed by atoms with Gasteiger partial charge < -0.3 is 5.11 Å². The van der Waals surface area contributed by atoms with Crippen molar-refractivity contribution >= 4 is 8.80 Å². The molecular formula is C11H22OSi. The first-order valence-corrected chi connectivity index (χ1v) is 7.80. The van der Waals surface area contributed by atoms with Gasteiger partial charge in [-0.3, -0.25) is 0 Å². The lowest BCUT2D eigenvalue weighted by atomic mass is 9.85. The van der Waals surface area contributed by atoms with Gasteiger partial charge in [0.25, 0.3) is 0 Å². The number of hydrogen-bond donors (Lipinski definition) is 1. The Bertz CT molecular complexity index is 197. The standard InChI is InChI=1S/C11H22OSi/c1-7-8-9-11(12,13(5)6)10(2,3)4/h1,12-13H,8-9H2,2-6H3. The largest absolute Gasteiger partial charge is 0.393 e. The third-order valence-corrected chi connectivity index (χ3v) is 5.97. The molecular weight excluding hydrogens is 176 g/mol. The predicted octanol–water partition coefficient (Wildman–Crippen LogP) is 2.20. The van der Waals surface area contributed by atoms with Crippen molar-refractivity contribution in [3.05, 3.63) is 0 Å². The summed E-state index contributed by atoms with van der Waals surface area (Å²) in [5, 5.41) is 10.0. The molecule has 0 aromatic heterocycles. The van der Waals surface area contributed by atoms with Crippen LogP contribution < -0.4 is 0 Å². The molecule has 0 radical (unpaired) electrons. The van der Waals surface area contributed by atoms with E-state index in [0.717, 1.165) is 6.42 Å². The van der Waals surface area contributed by atoms with E-state index >= 15 is 0 Å². The average Bonchev–Trinajstić information content (AvgIpc) is 1.97. The number of hydrogen-bond acceptors (Lipinski definition) is 1. The van der Waals surface area contributed by atoms with Crippen LogP contribution in [-0.4, -0.2) is 19.1 Å². The topological polar surface area (TPSA) is 20.2 Å². The minimum atomic E-state index is -1.10. The third-order valence-electron chi connectivity index (χ3n) is 2.90. The van der Waals surface area contributed by atoms with Crippen LogP contribution >= 0.6 is 0 Å². The molecule has 2 heteroatoms. The summed E-state index contributed by atoms with van der Waals surface area (Å²) < 4.78 is 0. The second-order valence-electron chi connectivity index (χ2n) is 5.03. The maximum atomic E-state index is 10.5. The normalized spacial score (nSPS) is 16.8. The van der Waals surface area contributed by atoms with Gasteiger partial charge in [-0.15, -0.1) is 12.3 Å². The van der Waals surface area contributed by atoms with Crippen LogP contribution in [0, 0.1) is 17.8 Å². The van der Waals surface area contributed by atoms with Gasteiger partial charge in [-0.1, -0.05) is 33.9 Å². The van der Waals surface area contributed by atoms with Crippen LogP contribution in [-0.2, 0) is 0 Å². The van der Waals surface area contributed by atoms with Gasteiger partial charge in [0.2, 0.25) is 0 Å². The molecule has 0 aromatic carbocycles. The predicted molar refractivity (Wildman–Crippen MR) is 61.3 cm³/mol. The lowest BCUT2D eigenvalue weighted by molar-refractivity contribution is 0.00656. The van der Waals surface area contributed by atoms with Crippen LogP contribution in [0.3, 0.4) is 0 Å². The van der Waals surface area contributed by atoms with Crippen LogP contribution in [0.15, 0.2) is 0 Å². The maximum Gasteiger partial charge on any atom is 0.0698 e. The highest BCUT2D eigenvalue weighted by atomic mass is 28.3. The summed E-state index contributed by atoms with van der Waals surface area (Å²) in [6, 6.07) is 0. The highest BCUT2D eigenvalue weighted by Crippen LogP contribution is 2.36. The zero-order chi connectivity index (χ0) is 10.7. The molecule has 0 fully saturated rings. The Morgan fingerprint density at radius 1 is 1.31 bits per heavy atom. The molecule has 0 saturated carbocycles. The maximum absolute atomic E-state index is 10.5. The summed E-state index contributed by atoms with van der Waals surface area (Å²) in [5.74, 6) is 2.61. The molecule has 13 heavy (non-hydrogen) atoms. The fourth-order valence-corrected chi connectivity index (χ4v) is 4.25. The van der Waals surface area contributed by atoms with Gasteiger partial charge in [0.05, 0.1) is 14.0 Å². The van der Waals surface area contributed by atoms with Crippen molar-refractivity contribution in [3.63, 3.8) is 0 Å². The average molecular weight is 198 g/mol. The highest BCUT2D eigenvalue weighted by Gasteiger charge is 2.42. The fraction of sp³-hybridized carbons (Fsp3) is 0.818. The zero-order valence-electron chi connectivity index (χ0n) is 9.52. The Labute approximate surface area is 84.2 Å². The summed E-state index contributed by atoms with van der Waals surface area (Å²) >= 11 is 0. The molecule has 0 aliphatic rings. The van der Waals surface area contributed by atoms with E-state index in [1.165, 1.54) is 0 Å². The first kappa shape index (κ1) is 12.7. The smallest absolute Gasteiger partial charge is 0.0698 e. The van der Waals surface area contributed by atoms with Gasteiger partial charge in [-0.05, 0) is 11.8 Å². The summed E-state index contributed by atoms with van der Waals surface area (Å²) in [6.07, 6.45) is 6.66. The third kappa shape index (κ3) is 2.86. The van der Waals surface area contributed by atoms with Crippen molar-refractivity contribution in [2.45, 2.75) is 51.9 Å². The molecule has 1 N–H and O–H groups in total. The number of rotatable bonds is 3. The van der Waals surface area contributed by atoms with Crippen molar-refractivity contribution in [2.75, 3.05) is 0 Å². The molecule has 0 aromatic rings. The monoisotopic (exact) mass is 198 g/mol. The van der Waals surface area contributed by atoms with Gasteiger partial charge in [0.15, 0.2) is 0 Å². The molecule has 0 rings (SSSR count). The van der Waals surface area contributed by atoms with E-state index in [0.29, 0.717) is 6.42 Å². The van der Waals surface area contributed by atoms with E-state index in [2.05, 4.69) is 39.8 Å². The van der Waals surface area contributed by atoms with Gasteiger partial charge in [-0.2, -0.15) is 0 Å². The molecule has 1 atom stereocenters. The Kier molecular flexibility index (Phi) is 4.21. The fourth-order valence-electron chi connectivity index (χ4n) is 1.79. The van der Waals surface area contributed by atoms with Gasteiger partial charge >= 0.3 is 0 Å². The van der Waals surface area contributed by atoms with Crippen LogP contribution in [0.1, 0.15) is 33.6 Å². The minimum Gasteiger partial charge on any atom is -0.393 e. The van der Waals surface area contributed by atoms with E-state index in [9.17, 15) is 5.11 Å². The minimum absolute atomic E-state index is 0.0514. The van der Waals surface area contributed by atoms with Crippen molar-refractivity contribution in [3.8, 4) is 12.3 Å². The van der Waals surface area contributed by atoms with E-state index in [1.807, 2.05) is 0 Å². The Balaban J connectivity index is 4.66. The number of aliphatic hydroxyl groups is 1. The van der Waals surface area contributed by atoms with E-state index in [1.54, 1.807) is 0 Å². The van der Waals surface area contributed by atoms with Crippen molar-refractivity contribution in [1.29, 1.82) is 0 Å². The quantitative estimate of drug-likeness (QED) is 0.544. The summed E-state index contributed by atoms with van der Waals surface area (Å²) in [6.45, 7) is 10.6. The molecule has 0 heterocycles. The van der Waals surface area contributed by atoms with Crippen LogP contribution in [0.25, 0.3) is 0 Å². The van der Waals surface area contributed by atoms with Crippen molar-refractivity contribution < 1.29 is 5.11 Å². The molecule has 0 aliphatic heterocycles. The molecule has 0 saturated heterocycles. The second kappa shape index (κ2) is 4.30. The summed E-state index contributed by atoms with van der Waals surface area (Å²) in [5.41, 5.74) is -0.0514. The van der Waals surface area contributed by atoms with Crippen molar-refractivity contribution in [2.24, 2.45) is 5.41 Å². The van der Waals surface area contributed by atoms with E-state index in [4.69, 9.17) is 6.42 Å². The summed E-state index contributed by atoms with van der Waals surface area (Å²) in [7, 11) is -1.10. The van der Waals surface area contributed by atoms with Gasteiger partial charge in [0, 0.05) is 6.42 Å². The highest BCUT2D eigenvalue weighted by molar-refractivity contribution is 6.59. The Hall–Kier alpha value is -0.263. The molecule has 0 spiro atoms. The van der Waals surface area contributed by atoms with E-state index < -0.39 is 14.0 Å². The zero-order valence-corrected chi connectivity index (χ0v) is 10.7. The lowest BCUT2D eigenvalue weighted by Crippen LogP contribution is -2.52. The lowest BCUT2D eigenvalue weighted by Gasteiger charge is -2.43. The van der Waals surface area contributed by atoms with Crippen molar-refractivity contribution in [1.82, 2.24) is 0 Å². The molecule has 76 valence electrons. The second-order valence-corrected chi connectivity index (χ2v) is 8.30. The molecule has 1 unspecified atom stereocenters. The van der Waals surface area contributed by atoms with Crippen LogP contribution in [0.5, 0.6) is 0 Å². The Morgan fingerprint density at radius 2 is 1.77 bits per heavy atom. The first-order chi connectivity index (χ1) is 5.75. The molecule has 1 nitrogen and oxygen atoms in total. The first-order valence-electron chi connectivity index (χ1n) is 4.91. The van der Waals surface area contributed by atoms with E-state index in [-0.39, 0.29) is 5.41 Å². The Morgan fingerprint density at radius 3 is 2.00 bits per heavy atom. The van der Waals surface area contributed by atoms with Gasteiger partial charge in [-0.25, -0.2) is 0 Å². The molecule has 0 aliphatic carbocycles. The van der Waals surface area contributed by atoms with Crippen LogP contribution in [0.2, 0.25) is 13.1 Å². The van der Waals surface area contributed by atoms with Gasteiger partial charge in [0.1, 0.15) is 0 Å².